The van der Waals surface area contributed by atoms with Gasteiger partial charge in [-0.3, -0.25) is 10.1 Å². The van der Waals surface area contributed by atoms with Crippen LogP contribution in [0.2, 0.25) is 0 Å². The topological polar surface area (TPSA) is 85.9 Å². The number of rotatable bonds is 2. The Morgan fingerprint density at radius 3 is 2.50 bits per heavy atom. The summed E-state index contributed by atoms with van der Waals surface area (Å²) in [5, 5.41) is 17.4. The van der Waals surface area contributed by atoms with Crippen molar-refractivity contribution >= 4 is 17.4 Å². The lowest BCUT2D eigenvalue weighted by Crippen LogP contribution is -2.32. The fraction of sp³-hybridized carbons (Fsp3) is 0.273. The maximum Gasteiger partial charge on any atom is 0.453 e. The highest BCUT2D eigenvalue weighted by Gasteiger charge is 2.45. The fourth-order valence-electron chi connectivity index (χ4n) is 2.06. The van der Waals surface area contributed by atoms with Gasteiger partial charge in [-0.1, -0.05) is 11.8 Å². The van der Waals surface area contributed by atoms with E-state index in [-0.39, 0.29) is 10.8 Å². The molecule has 0 aliphatic carbocycles. The van der Waals surface area contributed by atoms with E-state index in [1.807, 2.05) is 0 Å². The van der Waals surface area contributed by atoms with Gasteiger partial charge in [-0.2, -0.15) is 13.2 Å². The third-order valence-corrected chi connectivity index (χ3v) is 4.32. The van der Waals surface area contributed by atoms with Gasteiger partial charge in [-0.25, -0.2) is 4.68 Å². The summed E-state index contributed by atoms with van der Waals surface area (Å²) in [5.74, 6) is -1.14. The SMILES string of the molecule is C[C@]1(c2ccc([N+](=O)[O-])cc2)Nn2c(nnc2C(F)(F)F)S1. The predicted molar refractivity (Wildman–Crippen MR) is 70.7 cm³/mol. The quantitative estimate of drug-likeness (QED) is 0.673. The molecule has 0 amide bonds. The van der Waals surface area contributed by atoms with E-state index in [0.29, 0.717) is 5.56 Å². The van der Waals surface area contributed by atoms with Gasteiger partial charge in [-0.15, -0.1) is 10.2 Å². The number of non-ortho nitro benzene ring substituents is 1. The lowest BCUT2D eigenvalue weighted by Gasteiger charge is -2.24. The average Bonchev–Trinajstić information content (AvgIpc) is 2.94. The number of halogens is 3. The van der Waals surface area contributed by atoms with Crippen molar-refractivity contribution in [3.05, 3.63) is 45.8 Å². The molecule has 0 saturated heterocycles. The Morgan fingerprint density at radius 2 is 1.95 bits per heavy atom. The Kier molecular flexibility index (Phi) is 3.06. The molecule has 1 N–H and O–H groups in total. The molecule has 2 heterocycles. The second-order valence-electron chi connectivity index (χ2n) is 4.69. The summed E-state index contributed by atoms with van der Waals surface area (Å²) in [6.45, 7) is 1.66. The van der Waals surface area contributed by atoms with E-state index >= 15 is 0 Å². The van der Waals surface area contributed by atoms with Gasteiger partial charge in [0, 0.05) is 12.1 Å². The molecule has 0 radical (unpaired) electrons. The molecule has 1 atom stereocenters. The molecule has 0 saturated carbocycles. The second kappa shape index (κ2) is 4.60. The molecule has 2 aromatic rings. The Balaban J connectivity index is 1.93. The zero-order valence-corrected chi connectivity index (χ0v) is 11.8. The summed E-state index contributed by atoms with van der Waals surface area (Å²) in [5.41, 5.74) is 3.19. The normalized spacial score (nSPS) is 20.5. The first-order valence-corrected chi connectivity index (χ1v) is 6.77. The molecule has 0 fully saturated rings. The van der Waals surface area contributed by atoms with E-state index in [9.17, 15) is 23.3 Å². The summed E-state index contributed by atoms with van der Waals surface area (Å²) in [6, 6.07) is 5.58. The zero-order valence-electron chi connectivity index (χ0n) is 11.0. The number of hydrogen-bond acceptors (Lipinski definition) is 6. The molecule has 0 spiro atoms. The van der Waals surface area contributed by atoms with Crippen LogP contribution >= 0.6 is 11.8 Å². The highest BCUT2D eigenvalue weighted by atomic mass is 32.2. The van der Waals surface area contributed by atoms with Gasteiger partial charge >= 0.3 is 6.18 Å². The summed E-state index contributed by atoms with van der Waals surface area (Å²) in [7, 11) is 0. The van der Waals surface area contributed by atoms with E-state index < -0.39 is 21.8 Å². The number of nitrogens with one attached hydrogen (secondary N) is 1. The van der Waals surface area contributed by atoms with Crippen molar-refractivity contribution in [2.45, 2.75) is 23.1 Å². The van der Waals surface area contributed by atoms with Crippen molar-refractivity contribution < 1.29 is 18.1 Å². The van der Waals surface area contributed by atoms with Gasteiger partial charge in [0.25, 0.3) is 11.5 Å². The minimum Gasteiger partial charge on any atom is -0.301 e. The Bertz CT molecular complexity index is 745. The third kappa shape index (κ3) is 2.26. The van der Waals surface area contributed by atoms with E-state index in [1.54, 1.807) is 6.92 Å². The molecule has 1 aliphatic rings. The van der Waals surface area contributed by atoms with E-state index in [2.05, 4.69) is 15.6 Å². The van der Waals surface area contributed by atoms with Crippen LogP contribution in [0.15, 0.2) is 29.4 Å². The van der Waals surface area contributed by atoms with Crippen LogP contribution in [0.25, 0.3) is 0 Å². The fourth-order valence-corrected chi connectivity index (χ4v) is 3.12. The van der Waals surface area contributed by atoms with Gasteiger partial charge in [0.2, 0.25) is 5.16 Å². The van der Waals surface area contributed by atoms with Gasteiger partial charge in [0.05, 0.1) is 4.92 Å². The Labute approximate surface area is 125 Å². The number of thioether (sulfide) groups is 1. The van der Waals surface area contributed by atoms with E-state index in [0.717, 1.165) is 16.4 Å². The van der Waals surface area contributed by atoms with Crippen LogP contribution in [0.3, 0.4) is 0 Å². The molecule has 1 aromatic carbocycles. The van der Waals surface area contributed by atoms with E-state index in [1.165, 1.54) is 24.3 Å². The van der Waals surface area contributed by atoms with Gasteiger partial charge < -0.3 is 5.43 Å². The van der Waals surface area contributed by atoms with Crippen LogP contribution in [0.1, 0.15) is 18.3 Å². The van der Waals surface area contributed by atoms with Crippen LogP contribution in [0.5, 0.6) is 0 Å². The zero-order chi connectivity index (χ0) is 16.1. The van der Waals surface area contributed by atoms with Crippen LogP contribution in [-0.2, 0) is 11.0 Å². The molecular weight excluding hydrogens is 323 g/mol. The highest BCUT2D eigenvalue weighted by Crippen LogP contribution is 2.45. The molecule has 11 heteroatoms. The molecule has 3 rings (SSSR count). The molecule has 22 heavy (non-hydrogen) atoms. The maximum absolute atomic E-state index is 12.8. The number of nitro benzene ring substituents is 1. The van der Waals surface area contributed by atoms with E-state index in [4.69, 9.17) is 0 Å². The molecule has 0 unspecified atom stereocenters. The third-order valence-electron chi connectivity index (χ3n) is 3.14. The minimum absolute atomic E-state index is 0.0770. The van der Waals surface area contributed by atoms with Crippen LogP contribution in [0.4, 0.5) is 18.9 Å². The first-order chi connectivity index (χ1) is 10.2. The maximum atomic E-state index is 12.8. The minimum atomic E-state index is -4.63. The van der Waals surface area contributed by atoms with Crippen molar-refractivity contribution in [1.82, 2.24) is 14.9 Å². The molecule has 1 aliphatic heterocycles. The summed E-state index contributed by atoms with van der Waals surface area (Å²) < 4.78 is 39.3. The number of hydrogen-bond donors (Lipinski definition) is 1. The molecule has 7 nitrogen and oxygen atoms in total. The van der Waals surface area contributed by atoms with Crippen molar-refractivity contribution in [2.75, 3.05) is 5.43 Å². The number of benzene rings is 1. The Morgan fingerprint density at radius 1 is 1.32 bits per heavy atom. The van der Waals surface area contributed by atoms with Crippen LogP contribution in [0, 0.1) is 10.1 Å². The molecule has 1 aromatic heterocycles. The van der Waals surface area contributed by atoms with Gasteiger partial charge in [0.15, 0.2) is 0 Å². The monoisotopic (exact) mass is 331 g/mol. The lowest BCUT2D eigenvalue weighted by atomic mass is 10.1. The number of alkyl halides is 3. The molecular formula is C11H8F3N5O2S. The van der Waals surface area contributed by atoms with Gasteiger partial charge in [0.1, 0.15) is 4.87 Å². The average molecular weight is 331 g/mol. The molecule has 0 bridgehead atoms. The first-order valence-electron chi connectivity index (χ1n) is 5.95. The summed E-state index contributed by atoms with van der Waals surface area (Å²) in [4.78, 5) is 9.17. The molecule has 116 valence electrons. The van der Waals surface area contributed by atoms with Crippen molar-refractivity contribution in [3.63, 3.8) is 0 Å². The van der Waals surface area contributed by atoms with Crippen molar-refractivity contribution in [2.24, 2.45) is 0 Å². The highest BCUT2D eigenvalue weighted by molar-refractivity contribution is 8.00. The van der Waals surface area contributed by atoms with Crippen LogP contribution in [-0.4, -0.2) is 19.8 Å². The largest absolute Gasteiger partial charge is 0.453 e. The second-order valence-corrected chi connectivity index (χ2v) is 6.08. The van der Waals surface area contributed by atoms with Crippen molar-refractivity contribution in [3.8, 4) is 0 Å². The number of nitrogens with zero attached hydrogens (tertiary/aromatic N) is 4. The van der Waals surface area contributed by atoms with Crippen molar-refractivity contribution in [1.29, 1.82) is 0 Å². The number of fused-ring (bicyclic) bond motifs is 1. The summed E-state index contributed by atoms with van der Waals surface area (Å²) in [6.07, 6.45) is -4.63. The van der Waals surface area contributed by atoms with Gasteiger partial charge in [-0.05, 0) is 24.6 Å². The standard InChI is InChI=1S/C11H8F3N5O2S/c1-10(6-2-4-7(5-3-6)19(20)21)17-18-8(11(12,13)14)15-16-9(18)22-10/h2-5,17H,1H3/t10-/m0/s1. The summed E-state index contributed by atoms with van der Waals surface area (Å²) >= 11 is 1.05. The smallest absolute Gasteiger partial charge is 0.301 e. The predicted octanol–water partition coefficient (Wildman–Crippen LogP) is 2.73. The lowest BCUT2D eigenvalue weighted by molar-refractivity contribution is -0.384. The van der Waals surface area contributed by atoms with Crippen LogP contribution < -0.4 is 5.43 Å². The number of nitro groups is 1. The first kappa shape index (κ1) is 14.6. The number of aromatic nitrogens is 3. The Hall–Kier alpha value is -2.30.